The Bertz CT molecular complexity index is 521. The Morgan fingerprint density at radius 2 is 2.25 bits per heavy atom. The summed E-state index contributed by atoms with van der Waals surface area (Å²) < 4.78 is 10.6. The molecule has 1 atom stereocenters. The van der Waals surface area contributed by atoms with Crippen molar-refractivity contribution >= 4 is 11.6 Å². The van der Waals surface area contributed by atoms with Gasteiger partial charge < -0.3 is 25.0 Å². The fourth-order valence-corrected chi connectivity index (χ4v) is 2.89. The van der Waals surface area contributed by atoms with E-state index in [9.17, 15) is 0 Å². The van der Waals surface area contributed by atoms with Crippen LogP contribution in [0.4, 0.5) is 5.69 Å². The molecule has 1 heterocycles. The van der Waals surface area contributed by atoms with Gasteiger partial charge in [-0.05, 0) is 31.4 Å². The predicted octanol–water partition coefficient (Wildman–Crippen LogP) is 1.72. The molecule has 2 rings (SSSR count). The van der Waals surface area contributed by atoms with Crippen LogP contribution in [0.15, 0.2) is 29.3 Å². The Balaban J connectivity index is 1.74. The second kappa shape index (κ2) is 10.0. The standard InChI is InChI=1S/C18H30N4O2/c1-4-24-11-9-20-18(19-2)21-13-15-8-10-22(14-15)16-6-5-7-17(12-16)23-3/h5-7,12,15H,4,8-11,13-14H2,1-3H3,(H2,19,20,21). The van der Waals surface area contributed by atoms with Gasteiger partial charge in [0, 0.05) is 51.6 Å². The zero-order valence-electron chi connectivity index (χ0n) is 15.0. The molecule has 0 aliphatic carbocycles. The van der Waals surface area contributed by atoms with Crippen LogP contribution in [0.25, 0.3) is 0 Å². The van der Waals surface area contributed by atoms with Crippen molar-refractivity contribution in [2.24, 2.45) is 10.9 Å². The van der Waals surface area contributed by atoms with E-state index in [4.69, 9.17) is 9.47 Å². The van der Waals surface area contributed by atoms with Crippen LogP contribution in [0.1, 0.15) is 13.3 Å². The van der Waals surface area contributed by atoms with E-state index >= 15 is 0 Å². The van der Waals surface area contributed by atoms with Gasteiger partial charge in [0.2, 0.25) is 0 Å². The predicted molar refractivity (Wildman–Crippen MR) is 99.2 cm³/mol. The highest BCUT2D eigenvalue weighted by molar-refractivity contribution is 5.79. The average Bonchev–Trinajstić information content (AvgIpc) is 3.10. The summed E-state index contributed by atoms with van der Waals surface area (Å²) in [6, 6.07) is 8.27. The van der Waals surface area contributed by atoms with Crippen molar-refractivity contribution in [1.82, 2.24) is 10.6 Å². The van der Waals surface area contributed by atoms with Gasteiger partial charge in [-0.15, -0.1) is 0 Å². The topological polar surface area (TPSA) is 58.1 Å². The van der Waals surface area contributed by atoms with Crippen molar-refractivity contribution in [3.05, 3.63) is 24.3 Å². The van der Waals surface area contributed by atoms with Crippen LogP contribution >= 0.6 is 0 Å². The molecular formula is C18H30N4O2. The zero-order valence-corrected chi connectivity index (χ0v) is 15.0. The van der Waals surface area contributed by atoms with Crippen LogP contribution < -0.4 is 20.3 Å². The lowest BCUT2D eigenvalue weighted by Crippen LogP contribution is -2.41. The molecule has 1 aliphatic heterocycles. The molecule has 1 aromatic carbocycles. The first-order valence-corrected chi connectivity index (χ1v) is 8.68. The van der Waals surface area contributed by atoms with Gasteiger partial charge in [0.1, 0.15) is 5.75 Å². The number of nitrogens with zero attached hydrogens (tertiary/aromatic N) is 2. The Labute approximate surface area is 145 Å². The number of anilines is 1. The van der Waals surface area contributed by atoms with Gasteiger partial charge in [-0.1, -0.05) is 6.07 Å². The van der Waals surface area contributed by atoms with Crippen LogP contribution in [0.2, 0.25) is 0 Å². The molecule has 0 spiro atoms. The fraction of sp³-hybridized carbons (Fsp3) is 0.611. The molecule has 0 bridgehead atoms. The molecule has 1 fully saturated rings. The maximum Gasteiger partial charge on any atom is 0.191 e. The number of guanidine groups is 1. The van der Waals surface area contributed by atoms with Gasteiger partial charge in [0.25, 0.3) is 0 Å². The lowest BCUT2D eigenvalue weighted by atomic mass is 10.1. The SMILES string of the molecule is CCOCCNC(=NC)NCC1CCN(c2cccc(OC)c2)C1. The monoisotopic (exact) mass is 334 g/mol. The van der Waals surface area contributed by atoms with Crippen LogP contribution in [0.5, 0.6) is 5.75 Å². The number of benzene rings is 1. The Hall–Kier alpha value is -1.95. The second-order valence-corrected chi connectivity index (χ2v) is 5.88. The van der Waals surface area contributed by atoms with Gasteiger partial charge in [0.05, 0.1) is 13.7 Å². The summed E-state index contributed by atoms with van der Waals surface area (Å²) in [7, 11) is 3.51. The van der Waals surface area contributed by atoms with Crippen molar-refractivity contribution in [2.45, 2.75) is 13.3 Å². The summed E-state index contributed by atoms with van der Waals surface area (Å²) in [6.07, 6.45) is 1.18. The molecule has 0 amide bonds. The first kappa shape index (κ1) is 18.4. The van der Waals surface area contributed by atoms with E-state index in [1.165, 1.54) is 12.1 Å². The number of ether oxygens (including phenoxy) is 2. The molecule has 134 valence electrons. The molecular weight excluding hydrogens is 304 g/mol. The number of nitrogens with one attached hydrogen (secondary N) is 2. The van der Waals surface area contributed by atoms with Crippen molar-refractivity contribution < 1.29 is 9.47 Å². The van der Waals surface area contributed by atoms with Gasteiger partial charge in [-0.2, -0.15) is 0 Å². The highest BCUT2D eigenvalue weighted by Gasteiger charge is 2.23. The van der Waals surface area contributed by atoms with Gasteiger partial charge in [-0.3, -0.25) is 4.99 Å². The third-order valence-corrected chi connectivity index (χ3v) is 4.23. The van der Waals surface area contributed by atoms with E-state index in [-0.39, 0.29) is 0 Å². The minimum absolute atomic E-state index is 0.613. The normalized spacial score (nSPS) is 17.9. The highest BCUT2D eigenvalue weighted by Crippen LogP contribution is 2.26. The van der Waals surface area contributed by atoms with Crippen molar-refractivity contribution in [3.8, 4) is 5.75 Å². The van der Waals surface area contributed by atoms with Gasteiger partial charge in [-0.25, -0.2) is 0 Å². The lowest BCUT2D eigenvalue weighted by Gasteiger charge is -2.20. The van der Waals surface area contributed by atoms with Crippen LogP contribution in [0.3, 0.4) is 0 Å². The summed E-state index contributed by atoms with van der Waals surface area (Å²) in [5, 5.41) is 6.68. The van der Waals surface area contributed by atoms with Crippen molar-refractivity contribution in [2.75, 3.05) is 58.5 Å². The van der Waals surface area contributed by atoms with Crippen LogP contribution in [-0.2, 0) is 4.74 Å². The van der Waals surface area contributed by atoms with E-state index in [1.54, 1.807) is 14.2 Å². The van der Waals surface area contributed by atoms with Gasteiger partial charge >= 0.3 is 0 Å². The molecule has 24 heavy (non-hydrogen) atoms. The van der Waals surface area contributed by atoms with Crippen LogP contribution in [0, 0.1) is 5.92 Å². The number of methoxy groups -OCH3 is 1. The van der Waals surface area contributed by atoms with E-state index < -0.39 is 0 Å². The maximum atomic E-state index is 5.33. The Kier molecular flexibility index (Phi) is 7.68. The zero-order chi connectivity index (χ0) is 17.2. The smallest absolute Gasteiger partial charge is 0.191 e. The molecule has 1 unspecified atom stereocenters. The van der Waals surface area contributed by atoms with Crippen molar-refractivity contribution in [3.63, 3.8) is 0 Å². The molecule has 6 heteroatoms. The summed E-state index contributed by atoms with van der Waals surface area (Å²) in [4.78, 5) is 6.67. The highest BCUT2D eigenvalue weighted by atomic mass is 16.5. The number of hydrogen-bond acceptors (Lipinski definition) is 4. The largest absolute Gasteiger partial charge is 0.497 e. The number of rotatable bonds is 8. The number of aliphatic imine (C=N–C) groups is 1. The number of hydrogen-bond donors (Lipinski definition) is 2. The third-order valence-electron chi connectivity index (χ3n) is 4.23. The average molecular weight is 334 g/mol. The summed E-state index contributed by atoms with van der Waals surface area (Å²) in [5.41, 5.74) is 1.23. The fourth-order valence-electron chi connectivity index (χ4n) is 2.89. The minimum Gasteiger partial charge on any atom is -0.497 e. The van der Waals surface area contributed by atoms with E-state index in [2.05, 4.69) is 32.7 Å². The molecule has 1 aromatic rings. The van der Waals surface area contributed by atoms with E-state index in [1.807, 2.05) is 19.1 Å². The Morgan fingerprint density at radius 3 is 3.00 bits per heavy atom. The van der Waals surface area contributed by atoms with E-state index in [0.29, 0.717) is 12.5 Å². The summed E-state index contributed by atoms with van der Waals surface area (Å²) in [6.45, 7) is 7.27. The molecule has 0 aromatic heterocycles. The van der Waals surface area contributed by atoms with E-state index in [0.717, 1.165) is 44.5 Å². The first-order chi connectivity index (χ1) is 11.8. The quantitative estimate of drug-likeness (QED) is 0.431. The molecule has 1 saturated heterocycles. The molecule has 2 N–H and O–H groups in total. The maximum absolute atomic E-state index is 5.33. The molecule has 6 nitrogen and oxygen atoms in total. The molecule has 0 radical (unpaired) electrons. The second-order valence-electron chi connectivity index (χ2n) is 5.88. The lowest BCUT2D eigenvalue weighted by molar-refractivity contribution is 0.152. The minimum atomic E-state index is 0.613. The molecule has 0 saturated carbocycles. The van der Waals surface area contributed by atoms with Gasteiger partial charge in [0.15, 0.2) is 5.96 Å². The van der Waals surface area contributed by atoms with Crippen LogP contribution in [-0.4, -0.2) is 59.5 Å². The third kappa shape index (κ3) is 5.60. The van der Waals surface area contributed by atoms with Crippen molar-refractivity contribution in [1.29, 1.82) is 0 Å². The Morgan fingerprint density at radius 1 is 1.38 bits per heavy atom. The molecule has 1 aliphatic rings. The summed E-state index contributed by atoms with van der Waals surface area (Å²) in [5.74, 6) is 2.36. The summed E-state index contributed by atoms with van der Waals surface area (Å²) >= 11 is 0. The first-order valence-electron chi connectivity index (χ1n) is 8.68.